The lowest BCUT2D eigenvalue weighted by Gasteiger charge is -2.35. The van der Waals surface area contributed by atoms with Gasteiger partial charge in [-0.15, -0.1) is 0 Å². The smallest absolute Gasteiger partial charge is 0.0678 e. The van der Waals surface area contributed by atoms with Crippen molar-refractivity contribution in [2.45, 2.75) is 45.4 Å². The van der Waals surface area contributed by atoms with Crippen molar-refractivity contribution in [1.82, 2.24) is 4.90 Å². The molecule has 0 saturated carbocycles. The quantitative estimate of drug-likeness (QED) is 0.906. The van der Waals surface area contributed by atoms with Crippen LogP contribution in [-0.2, 0) is 4.74 Å². The van der Waals surface area contributed by atoms with E-state index in [1.54, 1.807) is 0 Å². The van der Waals surface area contributed by atoms with E-state index in [-0.39, 0.29) is 6.04 Å². The second-order valence-corrected chi connectivity index (χ2v) is 5.77. The monoisotopic (exact) mass is 262 g/mol. The summed E-state index contributed by atoms with van der Waals surface area (Å²) < 4.78 is 5.75. The first-order valence-electron chi connectivity index (χ1n) is 7.25. The number of morpholine rings is 1. The van der Waals surface area contributed by atoms with Crippen LogP contribution >= 0.6 is 0 Å². The minimum Gasteiger partial charge on any atom is -0.373 e. The molecule has 1 aliphatic heterocycles. The summed E-state index contributed by atoms with van der Waals surface area (Å²) in [7, 11) is 0. The second-order valence-electron chi connectivity index (χ2n) is 5.77. The number of hydrogen-bond acceptors (Lipinski definition) is 3. The van der Waals surface area contributed by atoms with Crippen molar-refractivity contribution in [1.29, 1.82) is 0 Å². The summed E-state index contributed by atoms with van der Waals surface area (Å²) in [5.41, 5.74) is 8.89. The van der Waals surface area contributed by atoms with E-state index < -0.39 is 0 Å². The summed E-state index contributed by atoms with van der Waals surface area (Å²) in [5.74, 6) is 0. The fourth-order valence-electron chi connectivity index (χ4n) is 2.95. The maximum Gasteiger partial charge on any atom is 0.0678 e. The predicted molar refractivity (Wildman–Crippen MR) is 79.2 cm³/mol. The molecule has 1 aromatic rings. The van der Waals surface area contributed by atoms with Crippen molar-refractivity contribution in [2.24, 2.45) is 5.73 Å². The predicted octanol–water partition coefficient (Wildman–Crippen LogP) is 2.49. The van der Waals surface area contributed by atoms with E-state index in [1.165, 1.54) is 11.1 Å². The highest BCUT2D eigenvalue weighted by atomic mass is 16.5. The molecule has 1 heterocycles. The molecule has 106 valence electrons. The Hall–Kier alpha value is -0.900. The van der Waals surface area contributed by atoms with Gasteiger partial charge in [-0.3, -0.25) is 4.90 Å². The average molecular weight is 262 g/mol. The van der Waals surface area contributed by atoms with Crippen LogP contribution in [0.1, 0.15) is 37.4 Å². The van der Waals surface area contributed by atoms with Crippen molar-refractivity contribution < 1.29 is 4.74 Å². The number of nitrogens with two attached hydrogens (primary N) is 1. The van der Waals surface area contributed by atoms with Crippen molar-refractivity contribution in [3.8, 4) is 0 Å². The molecule has 2 rings (SSSR count). The van der Waals surface area contributed by atoms with Gasteiger partial charge in [0.05, 0.1) is 12.2 Å². The summed E-state index contributed by atoms with van der Waals surface area (Å²) in [6.07, 6.45) is 1.67. The molecule has 0 aromatic heterocycles. The molecule has 0 amide bonds. The third-order valence-corrected chi connectivity index (χ3v) is 3.84. The van der Waals surface area contributed by atoms with Crippen LogP contribution in [0.3, 0.4) is 0 Å². The molecule has 1 unspecified atom stereocenters. The molecule has 19 heavy (non-hydrogen) atoms. The van der Waals surface area contributed by atoms with Gasteiger partial charge in [-0.05, 0) is 38.3 Å². The molecule has 3 heteroatoms. The van der Waals surface area contributed by atoms with E-state index in [2.05, 4.69) is 49.9 Å². The van der Waals surface area contributed by atoms with E-state index in [0.29, 0.717) is 12.2 Å². The van der Waals surface area contributed by atoms with Gasteiger partial charge in [-0.1, -0.05) is 24.3 Å². The first-order chi connectivity index (χ1) is 9.06. The lowest BCUT2D eigenvalue weighted by molar-refractivity contribution is -0.0684. The van der Waals surface area contributed by atoms with E-state index >= 15 is 0 Å². The molecule has 1 fully saturated rings. The molecule has 2 N–H and O–H groups in total. The summed E-state index contributed by atoms with van der Waals surface area (Å²) in [5, 5.41) is 0. The number of hydrogen-bond donors (Lipinski definition) is 1. The van der Waals surface area contributed by atoms with Crippen LogP contribution < -0.4 is 5.73 Å². The first-order valence-corrected chi connectivity index (χ1v) is 7.25. The van der Waals surface area contributed by atoms with E-state index in [0.717, 1.165) is 26.1 Å². The Balaban J connectivity index is 1.87. The number of ether oxygens (including phenoxy) is 1. The van der Waals surface area contributed by atoms with Crippen LogP contribution in [0, 0.1) is 6.92 Å². The average Bonchev–Trinajstić information content (AvgIpc) is 2.35. The molecule has 1 aromatic carbocycles. The third-order valence-electron chi connectivity index (χ3n) is 3.84. The fraction of sp³-hybridized carbons (Fsp3) is 0.625. The Morgan fingerprint density at radius 3 is 2.53 bits per heavy atom. The number of rotatable bonds is 4. The SMILES string of the molecule is Cc1ccccc1C(N)CCN1C[C@@H](C)O[C@@H](C)C1. The van der Waals surface area contributed by atoms with E-state index in [9.17, 15) is 0 Å². The highest BCUT2D eigenvalue weighted by molar-refractivity contribution is 5.28. The minimum absolute atomic E-state index is 0.134. The summed E-state index contributed by atoms with van der Waals surface area (Å²) in [4.78, 5) is 2.47. The molecule has 0 radical (unpaired) electrons. The van der Waals surface area contributed by atoms with Crippen molar-refractivity contribution in [2.75, 3.05) is 19.6 Å². The molecular weight excluding hydrogens is 236 g/mol. The van der Waals surface area contributed by atoms with Gasteiger partial charge < -0.3 is 10.5 Å². The van der Waals surface area contributed by atoms with Crippen molar-refractivity contribution in [3.05, 3.63) is 35.4 Å². The topological polar surface area (TPSA) is 38.5 Å². The zero-order chi connectivity index (χ0) is 13.8. The van der Waals surface area contributed by atoms with Gasteiger partial charge in [-0.25, -0.2) is 0 Å². The minimum atomic E-state index is 0.134. The standard InChI is InChI=1S/C16H26N2O/c1-12-6-4-5-7-15(12)16(17)8-9-18-10-13(2)19-14(3)11-18/h4-7,13-14,16H,8-11,17H2,1-3H3/t13-,14+,16?. The van der Waals surface area contributed by atoms with Crippen LogP contribution in [0.2, 0.25) is 0 Å². The fourth-order valence-corrected chi connectivity index (χ4v) is 2.95. The maximum absolute atomic E-state index is 6.32. The normalized spacial score (nSPS) is 26.3. The largest absolute Gasteiger partial charge is 0.373 e. The van der Waals surface area contributed by atoms with Crippen LogP contribution in [0.5, 0.6) is 0 Å². The number of benzene rings is 1. The Labute approximate surface area is 116 Å². The Morgan fingerprint density at radius 2 is 1.89 bits per heavy atom. The van der Waals surface area contributed by atoms with Crippen LogP contribution in [0.25, 0.3) is 0 Å². The van der Waals surface area contributed by atoms with Crippen molar-refractivity contribution in [3.63, 3.8) is 0 Å². The van der Waals surface area contributed by atoms with Crippen LogP contribution in [0.4, 0.5) is 0 Å². The van der Waals surface area contributed by atoms with Crippen molar-refractivity contribution >= 4 is 0 Å². The maximum atomic E-state index is 6.32. The zero-order valence-electron chi connectivity index (χ0n) is 12.3. The molecule has 0 spiro atoms. The zero-order valence-corrected chi connectivity index (χ0v) is 12.3. The molecule has 1 aliphatic rings. The summed E-state index contributed by atoms with van der Waals surface area (Å²) in [6.45, 7) is 9.51. The van der Waals surface area contributed by atoms with Gasteiger partial charge in [-0.2, -0.15) is 0 Å². The molecule has 1 saturated heterocycles. The second kappa shape index (κ2) is 6.51. The van der Waals surface area contributed by atoms with Gasteiger partial charge >= 0.3 is 0 Å². The van der Waals surface area contributed by atoms with Gasteiger partial charge in [0.15, 0.2) is 0 Å². The summed E-state index contributed by atoms with van der Waals surface area (Å²) >= 11 is 0. The molecule has 0 bridgehead atoms. The van der Waals surface area contributed by atoms with Gasteiger partial charge in [0.25, 0.3) is 0 Å². The third kappa shape index (κ3) is 4.03. The molecule has 3 atom stereocenters. The first kappa shape index (κ1) is 14.5. The van der Waals surface area contributed by atoms with Crippen LogP contribution in [0.15, 0.2) is 24.3 Å². The molecule has 3 nitrogen and oxygen atoms in total. The Kier molecular flexibility index (Phi) is 4.97. The number of nitrogens with zero attached hydrogens (tertiary/aromatic N) is 1. The van der Waals surface area contributed by atoms with Gasteiger partial charge in [0.2, 0.25) is 0 Å². The highest BCUT2D eigenvalue weighted by Gasteiger charge is 2.22. The molecular formula is C16H26N2O. The van der Waals surface area contributed by atoms with Crippen LogP contribution in [-0.4, -0.2) is 36.7 Å². The van der Waals surface area contributed by atoms with Gasteiger partial charge in [0.1, 0.15) is 0 Å². The van der Waals surface area contributed by atoms with E-state index in [1.807, 2.05) is 0 Å². The van der Waals surface area contributed by atoms with Gasteiger partial charge in [0, 0.05) is 25.7 Å². The molecule has 0 aliphatic carbocycles. The Morgan fingerprint density at radius 1 is 1.26 bits per heavy atom. The van der Waals surface area contributed by atoms with E-state index in [4.69, 9.17) is 10.5 Å². The summed E-state index contributed by atoms with van der Waals surface area (Å²) in [6, 6.07) is 8.55. The lowest BCUT2D eigenvalue weighted by Crippen LogP contribution is -2.46. The highest BCUT2D eigenvalue weighted by Crippen LogP contribution is 2.19. The Bertz CT molecular complexity index is 397. The number of aryl methyl sites for hydroxylation is 1. The lowest BCUT2D eigenvalue weighted by atomic mass is 9.99.